The molecule has 0 aromatic heterocycles. The van der Waals surface area contributed by atoms with Gasteiger partial charge in [0.05, 0.1) is 0 Å². The summed E-state index contributed by atoms with van der Waals surface area (Å²) in [7, 11) is 0. The summed E-state index contributed by atoms with van der Waals surface area (Å²) >= 11 is 0. The van der Waals surface area contributed by atoms with Crippen molar-refractivity contribution in [2.24, 2.45) is 0 Å². The maximum Gasteiger partial charge on any atom is 0.129 e. The fourth-order valence-electron chi connectivity index (χ4n) is 0.269. The Labute approximate surface area is 53.8 Å². The van der Waals surface area contributed by atoms with Crippen LogP contribution in [0.3, 0.4) is 0 Å². The van der Waals surface area contributed by atoms with Gasteiger partial charge in [-0.1, -0.05) is 13.2 Å². The number of aliphatic hydroxyl groups is 1. The van der Waals surface area contributed by atoms with Crippen LogP contribution in [0.2, 0.25) is 0 Å². The quantitative estimate of drug-likeness (QED) is 0.447. The SMILES string of the molecule is C=C(O)/C=C(/F)C(=C)C. The average molecular weight is 128 g/mol. The van der Waals surface area contributed by atoms with Gasteiger partial charge in [0.2, 0.25) is 0 Å². The second-order valence-corrected chi connectivity index (χ2v) is 1.76. The first kappa shape index (κ1) is 7.95. The molecule has 0 radical (unpaired) electrons. The van der Waals surface area contributed by atoms with Crippen molar-refractivity contribution in [2.75, 3.05) is 0 Å². The van der Waals surface area contributed by atoms with E-state index in [1.54, 1.807) is 0 Å². The molecule has 2 heteroatoms. The molecular weight excluding hydrogens is 119 g/mol. The lowest BCUT2D eigenvalue weighted by molar-refractivity contribution is 0.431. The Kier molecular flexibility index (Phi) is 2.71. The molecular formula is C7H9FO. The molecule has 1 N–H and O–H groups in total. The van der Waals surface area contributed by atoms with E-state index in [2.05, 4.69) is 13.2 Å². The number of aliphatic hydroxyl groups excluding tert-OH is 1. The monoisotopic (exact) mass is 128 g/mol. The smallest absolute Gasteiger partial charge is 0.129 e. The number of allylic oxidation sites excluding steroid dienone is 3. The Morgan fingerprint density at radius 1 is 1.56 bits per heavy atom. The van der Waals surface area contributed by atoms with E-state index >= 15 is 0 Å². The van der Waals surface area contributed by atoms with Crippen molar-refractivity contribution in [1.82, 2.24) is 0 Å². The topological polar surface area (TPSA) is 20.2 Å². The Morgan fingerprint density at radius 2 is 2.00 bits per heavy atom. The number of rotatable bonds is 2. The third-order valence-corrected chi connectivity index (χ3v) is 0.701. The van der Waals surface area contributed by atoms with Gasteiger partial charge in [-0.2, -0.15) is 0 Å². The van der Waals surface area contributed by atoms with Crippen LogP contribution in [0.15, 0.2) is 36.4 Å². The Balaban J connectivity index is 4.17. The van der Waals surface area contributed by atoms with E-state index in [-0.39, 0.29) is 11.3 Å². The van der Waals surface area contributed by atoms with E-state index in [1.165, 1.54) is 6.92 Å². The summed E-state index contributed by atoms with van der Waals surface area (Å²) < 4.78 is 12.3. The predicted octanol–water partition coefficient (Wildman–Crippen LogP) is 2.49. The van der Waals surface area contributed by atoms with Crippen LogP contribution in [0, 0.1) is 0 Å². The molecule has 0 rings (SSSR count). The Morgan fingerprint density at radius 3 is 2.11 bits per heavy atom. The molecule has 0 saturated carbocycles. The van der Waals surface area contributed by atoms with Crippen molar-refractivity contribution in [3.05, 3.63) is 36.4 Å². The summed E-state index contributed by atoms with van der Waals surface area (Å²) in [6.45, 7) is 7.90. The van der Waals surface area contributed by atoms with Gasteiger partial charge in [0.15, 0.2) is 0 Å². The van der Waals surface area contributed by atoms with Crippen LogP contribution in [0.5, 0.6) is 0 Å². The molecule has 9 heavy (non-hydrogen) atoms. The number of halogens is 1. The minimum absolute atomic E-state index is 0.283. The van der Waals surface area contributed by atoms with E-state index in [1.807, 2.05) is 0 Å². The van der Waals surface area contributed by atoms with Gasteiger partial charge >= 0.3 is 0 Å². The zero-order valence-electron chi connectivity index (χ0n) is 5.32. The molecule has 0 aromatic rings. The van der Waals surface area contributed by atoms with Gasteiger partial charge in [-0.25, -0.2) is 4.39 Å². The summed E-state index contributed by atoms with van der Waals surface area (Å²) in [5.74, 6) is -0.835. The highest BCUT2D eigenvalue weighted by atomic mass is 19.1. The molecule has 0 aliphatic heterocycles. The number of hydrogen-bond acceptors (Lipinski definition) is 1. The van der Waals surface area contributed by atoms with Gasteiger partial charge in [0, 0.05) is 6.08 Å². The highest BCUT2D eigenvalue weighted by Gasteiger charge is 1.93. The molecule has 0 aromatic carbocycles. The van der Waals surface area contributed by atoms with Crippen molar-refractivity contribution in [2.45, 2.75) is 6.92 Å². The lowest BCUT2D eigenvalue weighted by Gasteiger charge is -1.91. The molecule has 0 heterocycles. The van der Waals surface area contributed by atoms with Crippen LogP contribution < -0.4 is 0 Å². The Bertz CT molecular complexity index is 168. The highest BCUT2D eigenvalue weighted by molar-refractivity contribution is 5.24. The van der Waals surface area contributed by atoms with Crippen LogP contribution in [-0.2, 0) is 0 Å². The fraction of sp³-hybridized carbons (Fsp3) is 0.143. The zero-order chi connectivity index (χ0) is 7.44. The van der Waals surface area contributed by atoms with E-state index in [0.717, 1.165) is 6.08 Å². The van der Waals surface area contributed by atoms with Gasteiger partial charge in [-0.15, -0.1) is 0 Å². The van der Waals surface area contributed by atoms with Crippen LogP contribution in [-0.4, -0.2) is 5.11 Å². The van der Waals surface area contributed by atoms with Gasteiger partial charge in [0.25, 0.3) is 0 Å². The van der Waals surface area contributed by atoms with Crippen molar-refractivity contribution in [1.29, 1.82) is 0 Å². The maximum absolute atomic E-state index is 12.3. The predicted molar refractivity (Wildman–Crippen MR) is 35.8 cm³/mol. The third kappa shape index (κ3) is 3.53. The van der Waals surface area contributed by atoms with Crippen LogP contribution in [0.25, 0.3) is 0 Å². The van der Waals surface area contributed by atoms with E-state index in [4.69, 9.17) is 5.11 Å². The van der Waals surface area contributed by atoms with Gasteiger partial charge in [0.1, 0.15) is 11.6 Å². The second-order valence-electron chi connectivity index (χ2n) is 1.76. The fourth-order valence-corrected chi connectivity index (χ4v) is 0.269. The third-order valence-electron chi connectivity index (χ3n) is 0.701. The van der Waals surface area contributed by atoms with Crippen molar-refractivity contribution in [3.63, 3.8) is 0 Å². The number of hydrogen-bond donors (Lipinski definition) is 1. The average Bonchev–Trinajstić information content (AvgIpc) is 1.63. The van der Waals surface area contributed by atoms with Crippen molar-refractivity contribution < 1.29 is 9.50 Å². The van der Waals surface area contributed by atoms with Gasteiger partial charge < -0.3 is 5.11 Å². The van der Waals surface area contributed by atoms with Crippen molar-refractivity contribution >= 4 is 0 Å². The van der Waals surface area contributed by atoms with Crippen LogP contribution >= 0.6 is 0 Å². The molecule has 0 saturated heterocycles. The second kappa shape index (κ2) is 3.07. The normalized spacial score (nSPS) is 11.1. The molecule has 0 fully saturated rings. The lowest BCUT2D eigenvalue weighted by atomic mass is 10.3. The first-order valence-electron chi connectivity index (χ1n) is 2.45. The lowest BCUT2D eigenvalue weighted by Crippen LogP contribution is -1.76. The molecule has 0 atom stereocenters. The summed E-state index contributed by atoms with van der Waals surface area (Å²) in [5, 5.41) is 8.42. The highest BCUT2D eigenvalue weighted by Crippen LogP contribution is 2.08. The van der Waals surface area contributed by atoms with E-state index < -0.39 is 5.83 Å². The van der Waals surface area contributed by atoms with Gasteiger partial charge in [-0.05, 0) is 12.5 Å². The maximum atomic E-state index is 12.3. The summed E-state index contributed by atoms with van der Waals surface area (Å²) in [4.78, 5) is 0. The molecule has 0 unspecified atom stereocenters. The first-order valence-corrected chi connectivity index (χ1v) is 2.45. The largest absolute Gasteiger partial charge is 0.508 e. The molecule has 50 valence electrons. The zero-order valence-corrected chi connectivity index (χ0v) is 5.32. The molecule has 0 spiro atoms. The molecule has 1 nitrogen and oxygen atoms in total. The standard InChI is InChI=1S/C7H9FO/c1-5(2)7(8)4-6(3)9/h4,9H,1,3H2,2H3/b7-4+. The minimum Gasteiger partial charge on any atom is -0.508 e. The summed E-state index contributed by atoms with van der Waals surface area (Å²) in [5.41, 5.74) is 0.283. The first-order chi connectivity index (χ1) is 4.04. The van der Waals surface area contributed by atoms with Crippen LogP contribution in [0.1, 0.15) is 6.92 Å². The van der Waals surface area contributed by atoms with Gasteiger partial charge in [-0.3, -0.25) is 0 Å². The molecule has 0 aliphatic rings. The molecule has 0 aliphatic carbocycles. The van der Waals surface area contributed by atoms with Crippen molar-refractivity contribution in [3.8, 4) is 0 Å². The van der Waals surface area contributed by atoms with E-state index in [9.17, 15) is 4.39 Å². The van der Waals surface area contributed by atoms with E-state index in [0.29, 0.717) is 0 Å². The molecule has 0 bridgehead atoms. The summed E-state index contributed by atoms with van der Waals surface area (Å²) in [6, 6.07) is 0. The molecule has 0 amide bonds. The minimum atomic E-state index is -0.539. The summed E-state index contributed by atoms with van der Waals surface area (Å²) in [6.07, 6.45) is 0.919. The van der Waals surface area contributed by atoms with Crippen LogP contribution in [0.4, 0.5) is 4.39 Å². The Hall–Kier alpha value is -1.05.